The van der Waals surface area contributed by atoms with Crippen LogP contribution in [0.5, 0.6) is 0 Å². The van der Waals surface area contributed by atoms with Gasteiger partial charge in [-0.15, -0.1) is 0 Å². The molecule has 144 valence electrons. The Bertz CT molecular complexity index is 319. The molecule has 0 saturated heterocycles. The number of rotatable bonds is 12. The smallest absolute Gasteiger partial charge is 0.320 e. The first-order chi connectivity index (χ1) is 11.1. The van der Waals surface area contributed by atoms with Crippen molar-refractivity contribution in [3.63, 3.8) is 0 Å². The Balaban J connectivity index is 0. The average molecular weight is 364 g/mol. The number of halogens is 4. The lowest BCUT2D eigenvalue weighted by molar-refractivity contribution is -0.142. The van der Waals surface area contributed by atoms with E-state index >= 15 is 0 Å². The Labute approximate surface area is 136 Å². The van der Waals surface area contributed by atoms with Crippen LogP contribution in [0.4, 0.5) is 17.6 Å². The fraction of sp³-hybridized carbons (Fsp3) is 0.833. The highest BCUT2D eigenvalue weighted by Crippen LogP contribution is 2.00. The zero-order chi connectivity index (χ0) is 19.1. The van der Waals surface area contributed by atoms with E-state index in [-0.39, 0.29) is 12.8 Å². The average Bonchev–Trinajstić information content (AvgIpc) is 2.47. The van der Waals surface area contributed by atoms with Crippen molar-refractivity contribution < 1.29 is 37.4 Å². The molecule has 8 nitrogen and oxygen atoms in total. The molecule has 12 heteroatoms. The van der Waals surface area contributed by atoms with Gasteiger partial charge in [0.05, 0.1) is 0 Å². The number of alkyl halides is 4. The van der Waals surface area contributed by atoms with Gasteiger partial charge < -0.3 is 21.7 Å². The second kappa shape index (κ2) is 15.1. The molecule has 0 spiro atoms. The predicted molar refractivity (Wildman–Crippen MR) is 77.7 cm³/mol. The first-order valence-corrected chi connectivity index (χ1v) is 7.09. The van der Waals surface area contributed by atoms with E-state index in [1.165, 1.54) is 0 Å². The van der Waals surface area contributed by atoms with E-state index in [0.717, 1.165) is 0 Å². The molecule has 0 bridgehead atoms. The van der Waals surface area contributed by atoms with Crippen molar-refractivity contribution in [3.8, 4) is 0 Å². The Morgan fingerprint density at radius 2 is 1.08 bits per heavy atom. The highest BCUT2D eigenvalue weighted by atomic mass is 19.3. The molecule has 24 heavy (non-hydrogen) atoms. The third-order valence-electron chi connectivity index (χ3n) is 2.64. The van der Waals surface area contributed by atoms with Gasteiger partial charge in [-0.1, -0.05) is 0 Å². The predicted octanol–water partition coefficient (Wildman–Crippen LogP) is -0.0186. The van der Waals surface area contributed by atoms with Crippen LogP contribution in [0.15, 0.2) is 0 Å². The first-order valence-electron chi connectivity index (χ1n) is 7.09. The molecule has 0 saturated carbocycles. The Hall–Kier alpha value is -1.50. The van der Waals surface area contributed by atoms with Gasteiger partial charge in [0.15, 0.2) is 0 Å². The standard InChI is InChI=1S/2C6H12F2N2O2/c2*7-6(8)10-4(5(11)12)2-1-3-9/h2*4,6,10H,1-3,9H2,(H,11,12)/t2*4-/m00/s1. The summed E-state index contributed by atoms with van der Waals surface area (Å²) in [4.78, 5) is 20.6. The summed E-state index contributed by atoms with van der Waals surface area (Å²) in [6, 6.07) is -2.40. The van der Waals surface area contributed by atoms with Crippen molar-refractivity contribution >= 4 is 11.9 Å². The molecule has 0 radical (unpaired) electrons. The van der Waals surface area contributed by atoms with Gasteiger partial charge in [0.25, 0.3) is 13.1 Å². The van der Waals surface area contributed by atoms with Crippen LogP contribution in [-0.4, -0.2) is 60.4 Å². The van der Waals surface area contributed by atoms with Gasteiger partial charge in [-0.25, -0.2) is 10.6 Å². The molecule has 8 N–H and O–H groups in total. The van der Waals surface area contributed by atoms with E-state index in [0.29, 0.717) is 25.9 Å². The summed E-state index contributed by atoms with van der Waals surface area (Å²) in [6.07, 6.45) is 1.07. The zero-order valence-electron chi connectivity index (χ0n) is 12.9. The van der Waals surface area contributed by atoms with Crippen molar-refractivity contribution in [1.82, 2.24) is 10.6 Å². The Morgan fingerprint density at radius 1 is 0.792 bits per heavy atom. The van der Waals surface area contributed by atoms with Gasteiger partial charge in [-0.2, -0.15) is 17.6 Å². The molecule has 0 aromatic heterocycles. The van der Waals surface area contributed by atoms with Crippen molar-refractivity contribution in [2.45, 2.75) is 50.9 Å². The molecular weight excluding hydrogens is 340 g/mol. The van der Waals surface area contributed by atoms with E-state index in [1.54, 1.807) is 10.6 Å². The number of nitrogens with one attached hydrogen (secondary N) is 2. The van der Waals surface area contributed by atoms with Crippen molar-refractivity contribution in [3.05, 3.63) is 0 Å². The third kappa shape index (κ3) is 15.4. The van der Waals surface area contributed by atoms with Crippen LogP contribution in [0.2, 0.25) is 0 Å². The molecule has 0 fully saturated rings. The summed E-state index contributed by atoms with van der Waals surface area (Å²) >= 11 is 0. The van der Waals surface area contributed by atoms with Crippen LogP contribution in [-0.2, 0) is 9.59 Å². The van der Waals surface area contributed by atoms with Crippen LogP contribution < -0.4 is 22.1 Å². The van der Waals surface area contributed by atoms with Crippen molar-refractivity contribution in [2.75, 3.05) is 13.1 Å². The largest absolute Gasteiger partial charge is 0.480 e. The number of carboxylic acid groups (broad SMARTS) is 2. The highest BCUT2D eigenvalue weighted by molar-refractivity contribution is 5.73. The van der Waals surface area contributed by atoms with Gasteiger partial charge in [0.2, 0.25) is 0 Å². The maximum Gasteiger partial charge on any atom is 0.320 e. The molecule has 0 aliphatic heterocycles. The minimum atomic E-state index is -2.80. The maximum absolute atomic E-state index is 11.7. The lowest BCUT2D eigenvalue weighted by atomic mass is 10.1. The fourth-order valence-corrected chi connectivity index (χ4v) is 1.50. The molecule has 0 aliphatic rings. The van der Waals surface area contributed by atoms with Crippen LogP contribution in [0.3, 0.4) is 0 Å². The monoisotopic (exact) mass is 364 g/mol. The van der Waals surface area contributed by atoms with E-state index in [4.69, 9.17) is 21.7 Å². The first kappa shape index (κ1) is 24.7. The summed E-state index contributed by atoms with van der Waals surface area (Å²) in [5, 5.41) is 20.1. The lowest BCUT2D eigenvalue weighted by Crippen LogP contribution is -2.40. The number of nitrogens with two attached hydrogens (primary N) is 2. The summed E-state index contributed by atoms with van der Waals surface area (Å²) in [6.45, 7) is -5.00. The minimum Gasteiger partial charge on any atom is -0.480 e. The topological polar surface area (TPSA) is 151 Å². The number of hydrogen-bond donors (Lipinski definition) is 6. The zero-order valence-corrected chi connectivity index (χ0v) is 12.9. The van der Waals surface area contributed by atoms with Crippen LogP contribution in [0, 0.1) is 0 Å². The van der Waals surface area contributed by atoms with E-state index in [2.05, 4.69) is 0 Å². The number of carboxylic acids is 2. The molecule has 2 atom stereocenters. The van der Waals surface area contributed by atoms with E-state index in [9.17, 15) is 27.2 Å². The molecule has 0 unspecified atom stereocenters. The quantitative estimate of drug-likeness (QED) is 0.209. The number of hydrogen-bond acceptors (Lipinski definition) is 6. The molecule has 0 aromatic carbocycles. The maximum atomic E-state index is 11.7. The third-order valence-corrected chi connectivity index (χ3v) is 2.64. The minimum absolute atomic E-state index is 0.121. The summed E-state index contributed by atoms with van der Waals surface area (Å²) in [7, 11) is 0. The fourth-order valence-electron chi connectivity index (χ4n) is 1.50. The molecular formula is C12H24F4N4O4. The molecule has 0 amide bonds. The van der Waals surface area contributed by atoms with E-state index in [1.807, 2.05) is 0 Å². The van der Waals surface area contributed by atoms with Gasteiger partial charge in [0, 0.05) is 0 Å². The summed E-state index contributed by atoms with van der Waals surface area (Å²) < 4.78 is 46.7. The van der Waals surface area contributed by atoms with Crippen LogP contribution >= 0.6 is 0 Å². The Morgan fingerprint density at radius 3 is 1.25 bits per heavy atom. The SMILES string of the molecule is NCCC[C@H](NC(F)F)C(=O)O.NCCC[C@H](NC(F)F)C(=O)O. The number of carbonyl (C=O) groups is 2. The van der Waals surface area contributed by atoms with Gasteiger partial charge in [0.1, 0.15) is 12.1 Å². The van der Waals surface area contributed by atoms with Crippen molar-refractivity contribution in [1.29, 1.82) is 0 Å². The lowest BCUT2D eigenvalue weighted by Gasteiger charge is -2.12. The van der Waals surface area contributed by atoms with Crippen molar-refractivity contribution in [2.24, 2.45) is 11.5 Å². The second-order valence-corrected chi connectivity index (χ2v) is 4.58. The van der Waals surface area contributed by atoms with Gasteiger partial charge >= 0.3 is 11.9 Å². The van der Waals surface area contributed by atoms with Gasteiger partial charge in [-0.05, 0) is 38.8 Å². The number of aliphatic carboxylic acids is 2. The van der Waals surface area contributed by atoms with Crippen LogP contribution in [0.25, 0.3) is 0 Å². The van der Waals surface area contributed by atoms with Gasteiger partial charge in [-0.3, -0.25) is 9.59 Å². The normalized spacial score (nSPS) is 13.3. The molecule has 0 heterocycles. The Kier molecular flexibility index (Phi) is 15.5. The second-order valence-electron chi connectivity index (χ2n) is 4.58. The molecule has 0 aliphatic carbocycles. The highest BCUT2D eigenvalue weighted by Gasteiger charge is 2.20. The molecule has 0 aromatic rings. The summed E-state index contributed by atoms with van der Waals surface area (Å²) in [5.74, 6) is -2.55. The summed E-state index contributed by atoms with van der Waals surface area (Å²) in [5.41, 5.74) is 10.2. The van der Waals surface area contributed by atoms with E-state index < -0.39 is 37.1 Å². The van der Waals surface area contributed by atoms with Crippen LogP contribution in [0.1, 0.15) is 25.7 Å². The molecule has 0 rings (SSSR count).